The van der Waals surface area contributed by atoms with Gasteiger partial charge >= 0.3 is 0 Å². The van der Waals surface area contributed by atoms with Crippen molar-refractivity contribution in [1.82, 2.24) is 0 Å². The number of rotatable bonds is 1. The molecule has 0 saturated carbocycles. The smallest absolute Gasteiger partial charge is 0.200 e. The number of hydrogen-bond acceptors (Lipinski definition) is 3. The Morgan fingerprint density at radius 1 is 0.966 bits per heavy atom. The molecule has 5 rings (SSSR count). The minimum Gasteiger partial charge on any atom is -0.459 e. The third kappa shape index (κ3) is 2.69. The molecule has 3 nitrogen and oxygen atoms in total. The molecule has 138 valence electrons. The number of hydrogen-bond donors (Lipinski definition) is 0. The molecule has 0 bridgehead atoms. The first-order valence-electron chi connectivity index (χ1n) is 9.51. The van der Waals surface area contributed by atoms with Crippen LogP contribution in [-0.2, 0) is 0 Å². The number of benzene rings is 3. The van der Waals surface area contributed by atoms with Crippen LogP contribution < -0.4 is 5.43 Å². The Hall–Kier alpha value is -3.90. The Kier molecular flexibility index (Phi) is 3.93. The summed E-state index contributed by atoms with van der Waals surface area (Å²) in [6.45, 7) is 1.95. The van der Waals surface area contributed by atoms with Crippen LogP contribution in [0.2, 0.25) is 0 Å². The normalized spacial score (nSPS) is 15.0. The van der Waals surface area contributed by atoms with E-state index in [4.69, 9.17) is 4.42 Å². The second-order valence-electron chi connectivity index (χ2n) is 7.31. The summed E-state index contributed by atoms with van der Waals surface area (Å²) in [5.74, 6) is 0.304. The average molecular weight is 375 g/mol. The van der Waals surface area contributed by atoms with Gasteiger partial charge in [-0.05, 0) is 41.8 Å². The van der Waals surface area contributed by atoms with Crippen LogP contribution in [0.25, 0.3) is 22.6 Å². The highest BCUT2D eigenvalue weighted by atomic mass is 16.3. The monoisotopic (exact) mass is 375 g/mol. The van der Waals surface area contributed by atoms with E-state index in [-0.39, 0.29) is 11.3 Å². The van der Waals surface area contributed by atoms with E-state index in [0.29, 0.717) is 27.9 Å². The van der Waals surface area contributed by atoms with Gasteiger partial charge in [0.05, 0.1) is 28.5 Å². The second-order valence-corrected chi connectivity index (χ2v) is 7.31. The van der Waals surface area contributed by atoms with E-state index in [0.717, 1.165) is 22.3 Å². The molecule has 1 heterocycles. The lowest BCUT2D eigenvalue weighted by Gasteiger charge is -2.20. The maximum Gasteiger partial charge on any atom is 0.200 e. The lowest BCUT2D eigenvalue weighted by molar-refractivity contribution is 0.527. The first-order valence-corrected chi connectivity index (χ1v) is 9.51. The fraction of sp³-hybridized carbons (Fsp3) is 0.0769. The van der Waals surface area contributed by atoms with Gasteiger partial charge in [0, 0.05) is 0 Å². The maximum absolute atomic E-state index is 13.5. The highest BCUT2D eigenvalue weighted by Crippen LogP contribution is 2.41. The van der Waals surface area contributed by atoms with Crippen molar-refractivity contribution in [3.05, 3.63) is 117 Å². The van der Waals surface area contributed by atoms with Gasteiger partial charge in [-0.2, -0.15) is 5.26 Å². The van der Waals surface area contributed by atoms with Gasteiger partial charge in [0.2, 0.25) is 0 Å². The molecule has 0 fully saturated rings. The molecule has 1 atom stereocenters. The van der Waals surface area contributed by atoms with Gasteiger partial charge in [-0.1, -0.05) is 66.2 Å². The molecule has 4 aromatic rings. The summed E-state index contributed by atoms with van der Waals surface area (Å²) in [5, 5.41) is 10.4. The summed E-state index contributed by atoms with van der Waals surface area (Å²) in [7, 11) is 0. The Balaban J connectivity index is 1.95. The molecule has 0 spiro atoms. The standard InChI is InChI=1S/C26H17NO2/c1-16-11-12-23-21(13-16)25(28)22-14-18(15-27)19-9-5-6-10-20(19)24(26(22)29-23)17-7-3-2-4-8-17/h2-14,24H,1H3. The van der Waals surface area contributed by atoms with Crippen LogP contribution in [0, 0.1) is 18.3 Å². The molecule has 1 unspecified atom stereocenters. The van der Waals surface area contributed by atoms with E-state index in [2.05, 4.69) is 6.07 Å². The van der Waals surface area contributed by atoms with Crippen LogP contribution in [-0.4, -0.2) is 0 Å². The molecule has 1 aromatic heterocycles. The van der Waals surface area contributed by atoms with Gasteiger partial charge in [-0.15, -0.1) is 0 Å². The van der Waals surface area contributed by atoms with Crippen molar-refractivity contribution in [2.45, 2.75) is 12.8 Å². The SMILES string of the molecule is Cc1ccc2oc3c(c(=O)c2c1)C=C(C#N)c1ccccc1C3c1ccccc1. The third-order valence-electron chi connectivity index (χ3n) is 5.48. The van der Waals surface area contributed by atoms with Crippen molar-refractivity contribution in [2.24, 2.45) is 0 Å². The lowest BCUT2D eigenvalue weighted by atomic mass is 9.85. The summed E-state index contributed by atoms with van der Waals surface area (Å²) in [6, 6.07) is 25.7. The Morgan fingerprint density at radius 3 is 2.52 bits per heavy atom. The van der Waals surface area contributed by atoms with Crippen molar-refractivity contribution < 1.29 is 4.42 Å². The van der Waals surface area contributed by atoms with Gasteiger partial charge in [-0.25, -0.2) is 0 Å². The molecule has 0 saturated heterocycles. The van der Waals surface area contributed by atoms with Crippen molar-refractivity contribution in [2.75, 3.05) is 0 Å². The van der Waals surface area contributed by atoms with Crippen LogP contribution >= 0.6 is 0 Å². The van der Waals surface area contributed by atoms with E-state index in [1.54, 1.807) is 6.08 Å². The van der Waals surface area contributed by atoms with Gasteiger partial charge in [0.15, 0.2) is 5.43 Å². The second kappa shape index (κ2) is 6.61. The molecule has 3 aromatic carbocycles. The van der Waals surface area contributed by atoms with Crippen molar-refractivity contribution in [3.8, 4) is 6.07 Å². The van der Waals surface area contributed by atoms with Crippen LogP contribution in [0.1, 0.15) is 39.5 Å². The molecule has 3 heteroatoms. The molecule has 0 aliphatic heterocycles. The van der Waals surface area contributed by atoms with Gasteiger partial charge in [-0.3, -0.25) is 4.79 Å². The number of allylic oxidation sites excluding steroid dienone is 1. The van der Waals surface area contributed by atoms with E-state index < -0.39 is 0 Å². The Bertz CT molecular complexity index is 1390. The van der Waals surface area contributed by atoms with Gasteiger partial charge in [0.1, 0.15) is 11.3 Å². The van der Waals surface area contributed by atoms with Crippen molar-refractivity contribution in [1.29, 1.82) is 5.26 Å². The minimum atomic E-state index is -0.275. The van der Waals surface area contributed by atoms with Gasteiger partial charge in [0.25, 0.3) is 0 Å². The third-order valence-corrected chi connectivity index (χ3v) is 5.48. The molecule has 0 radical (unpaired) electrons. The number of nitriles is 1. The first-order chi connectivity index (χ1) is 14.2. The highest BCUT2D eigenvalue weighted by molar-refractivity contribution is 5.94. The zero-order valence-corrected chi connectivity index (χ0v) is 15.8. The Morgan fingerprint density at radius 2 is 1.72 bits per heavy atom. The zero-order valence-electron chi connectivity index (χ0n) is 15.8. The quantitative estimate of drug-likeness (QED) is 0.431. The van der Waals surface area contributed by atoms with Crippen LogP contribution in [0.15, 0.2) is 82.0 Å². The topological polar surface area (TPSA) is 54.0 Å². The van der Waals surface area contributed by atoms with Crippen LogP contribution in [0.4, 0.5) is 0 Å². The summed E-state index contributed by atoms with van der Waals surface area (Å²) in [4.78, 5) is 13.5. The highest BCUT2D eigenvalue weighted by Gasteiger charge is 2.30. The molecule has 0 amide bonds. The predicted molar refractivity (Wildman–Crippen MR) is 115 cm³/mol. The summed E-state index contributed by atoms with van der Waals surface area (Å²) < 4.78 is 6.36. The summed E-state index contributed by atoms with van der Waals surface area (Å²) in [6.07, 6.45) is 1.69. The minimum absolute atomic E-state index is 0.105. The Labute approximate surface area is 168 Å². The lowest BCUT2D eigenvalue weighted by Crippen LogP contribution is -2.13. The molecular weight excluding hydrogens is 358 g/mol. The molecule has 0 N–H and O–H groups in total. The van der Waals surface area contributed by atoms with E-state index >= 15 is 0 Å². The van der Waals surface area contributed by atoms with E-state index in [1.165, 1.54) is 0 Å². The maximum atomic E-state index is 13.5. The molecule has 1 aliphatic carbocycles. The summed E-state index contributed by atoms with van der Waals surface area (Å²) in [5.41, 5.74) is 5.17. The van der Waals surface area contributed by atoms with Crippen molar-refractivity contribution in [3.63, 3.8) is 0 Å². The summed E-state index contributed by atoms with van der Waals surface area (Å²) >= 11 is 0. The van der Waals surface area contributed by atoms with E-state index in [9.17, 15) is 10.1 Å². The molecule has 1 aliphatic rings. The number of aryl methyl sites for hydroxylation is 1. The largest absolute Gasteiger partial charge is 0.459 e. The molecular formula is C26H17NO2. The average Bonchev–Trinajstić information content (AvgIpc) is 2.89. The van der Waals surface area contributed by atoms with Gasteiger partial charge < -0.3 is 4.42 Å². The van der Waals surface area contributed by atoms with Crippen LogP contribution in [0.5, 0.6) is 0 Å². The predicted octanol–water partition coefficient (Wildman–Crippen LogP) is 5.66. The first kappa shape index (κ1) is 17.2. The number of fused-ring (bicyclic) bond motifs is 3. The van der Waals surface area contributed by atoms with Crippen molar-refractivity contribution >= 4 is 22.6 Å². The zero-order chi connectivity index (χ0) is 20.0. The van der Waals surface area contributed by atoms with E-state index in [1.807, 2.05) is 79.7 Å². The molecule has 29 heavy (non-hydrogen) atoms. The fourth-order valence-corrected chi connectivity index (χ4v) is 4.12. The van der Waals surface area contributed by atoms with Crippen LogP contribution in [0.3, 0.4) is 0 Å². The number of nitrogens with zero attached hydrogens (tertiary/aromatic N) is 1. The fourth-order valence-electron chi connectivity index (χ4n) is 4.12.